The van der Waals surface area contributed by atoms with Crippen LogP contribution in [0.3, 0.4) is 0 Å². The topological polar surface area (TPSA) is 193 Å². The maximum absolute atomic E-state index is 13.7. The Morgan fingerprint density at radius 2 is 1.07 bits per heavy atom. The number of rotatable bonds is 16. The third kappa shape index (κ3) is 11.1. The largest absolute Gasteiger partial charge is 0.467 e. The van der Waals surface area contributed by atoms with Gasteiger partial charge in [0.25, 0.3) is 0 Å². The molecule has 4 aromatic rings. The predicted molar refractivity (Wildman–Crippen MR) is 208 cm³/mol. The quantitative estimate of drug-likeness (QED) is 0.122. The summed E-state index contributed by atoms with van der Waals surface area (Å²) in [5, 5.41) is 14.4. The SMILES string of the molecule is COC(=O)[C@H]1O[C@H](OC)[C@H](NC(=O)OCc2ccccc2)[C@@H](OCc2ccccc2)[C@@H]1O[C@@H]1O[C@@H](C(=O)OC)[C@@H](O)[C@H](OCc2ccccc2)[C@H]1OC(=O)c1ccccc1. The predicted octanol–water partition coefficient (Wildman–Crippen LogP) is 3.87. The standard InChI is InChI=1S/C44H47NO15/c1-51-40(48)35-32(46)34(55-25-28-18-10-5-11-19-28)38(57-39(47)30-22-14-7-15-23-30)43(58-35)59-36-33(54-24-27-16-8-4-9-17-27)31(42(53-3)60-37(36)41(49)52-2)45-44(50)56-26-29-20-12-6-13-21-29/h4-23,31-38,42-43,46H,24-26H2,1-3H3,(H,45,50)/t31-,32+,33-,34+,35-,36+,37+,38-,42+,43+/m1/s1. The van der Waals surface area contributed by atoms with E-state index < -0.39 is 85.4 Å². The number of alkyl carbamates (subject to hydrolysis) is 1. The maximum Gasteiger partial charge on any atom is 0.407 e. The van der Waals surface area contributed by atoms with E-state index in [1.807, 2.05) is 18.2 Å². The Bertz CT molecular complexity index is 1970. The molecule has 2 N–H and O–H groups in total. The molecular weight excluding hydrogens is 782 g/mol. The Balaban J connectivity index is 1.39. The van der Waals surface area contributed by atoms with Crippen LogP contribution in [0.5, 0.6) is 0 Å². The van der Waals surface area contributed by atoms with Gasteiger partial charge in [-0.25, -0.2) is 19.2 Å². The lowest BCUT2D eigenvalue weighted by molar-refractivity contribution is -0.344. The molecule has 0 bridgehead atoms. The number of esters is 3. The molecule has 1 amide bonds. The number of aliphatic hydroxyl groups is 1. The van der Waals surface area contributed by atoms with E-state index in [0.29, 0.717) is 11.1 Å². The Labute approximate surface area is 346 Å². The lowest BCUT2D eigenvalue weighted by atomic mass is 9.94. The molecule has 0 unspecified atom stereocenters. The molecule has 2 aliphatic rings. The summed E-state index contributed by atoms with van der Waals surface area (Å²) in [4.78, 5) is 54.0. The van der Waals surface area contributed by atoms with Crippen molar-refractivity contribution in [2.45, 2.75) is 81.2 Å². The van der Waals surface area contributed by atoms with Gasteiger partial charge in [0, 0.05) is 7.11 Å². The van der Waals surface area contributed by atoms with Gasteiger partial charge in [-0.3, -0.25) is 0 Å². The average Bonchev–Trinajstić information content (AvgIpc) is 3.29. The molecule has 2 aliphatic heterocycles. The highest BCUT2D eigenvalue weighted by Gasteiger charge is 2.57. The van der Waals surface area contributed by atoms with Crippen LogP contribution < -0.4 is 5.32 Å². The van der Waals surface area contributed by atoms with Gasteiger partial charge < -0.3 is 57.8 Å². The number of aliphatic hydroxyl groups excluding tert-OH is 1. The van der Waals surface area contributed by atoms with Gasteiger partial charge in [-0.05, 0) is 28.8 Å². The molecule has 2 saturated heterocycles. The van der Waals surface area contributed by atoms with Gasteiger partial charge in [0.2, 0.25) is 0 Å². The molecule has 60 heavy (non-hydrogen) atoms. The second-order valence-corrected chi connectivity index (χ2v) is 13.7. The van der Waals surface area contributed by atoms with Gasteiger partial charge in [-0.15, -0.1) is 0 Å². The first kappa shape index (κ1) is 43.8. The molecular formula is C44H47NO15. The highest BCUT2D eigenvalue weighted by atomic mass is 16.8. The van der Waals surface area contributed by atoms with Crippen LogP contribution in [-0.4, -0.2) is 112 Å². The van der Waals surface area contributed by atoms with Crippen LogP contribution in [0.25, 0.3) is 0 Å². The van der Waals surface area contributed by atoms with Crippen molar-refractivity contribution in [3.63, 3.8) is 0 Å². The summed E-state index contributed by atoms with van der Waals surface area (Å²) < 4.78 is 58.9. The molecule has 0 radical (unpaired) electrons. The fourth-order valence-electron chi connectivity index (χ4n) is 6.76. The number of carbonyl (C=O) groups is 4. The highest BCUT2D eigenvalue weighted by molar-refractivity contribution is 5.89. The minimum absolute atomic E-state index is 0.0722. The number of ether oxygens (including phenoxy) is 10. The van der Waals surface area contributed by atoms with Crippen LogP contribution in [0, 0.1) is 0 Å². The van der Waals surface area contributed by atoms with Crippen LogP contribution in [0.4, 0.5) is 4.79 Å². The Morgan fingerprint density at radius 3 is 1.60 bits per heavy atom. The number of hydrogen-bond acceptors (Lipinski definition) is 15. The molecule has 318 valence electrons. The van der Waals surface area contributed by atoms with Crippen molar-refractivity contribution in [1.82, 2.24) is 5.32 Å². The van der Waals surface area contributed by atoms with Crippen LogP contribution in [0.15, 0.2) is 121 Å². The zero-order chi connectivity index (χ0) is 42.4. The molecule has 6 rings (SSSR count). The molecule has 0 aliphatic carbocycles. The van der Waals surface area contributed by atoms with Gasteiger partial charge >= 0.3 is 24.0 Å². The number of amides is 1. The van der Waals surface area contributed by atoms with E-state index in [1.54, 1.807) is 91.0 Å². The maximum atomic E-state index is 13.7. The van der Waals surface area contributed by atoms with Crippen molar-refractivity contribution in [2.75, 3.05) is 21.3 Å². The second kappa shape index (κ2) is 21.5. The first-order valence-electron chi connectivity index (χ1n) is 19.1. The summed E-state index contributed by atoms with van der Waals surface area (Å²) in [6.07, 6.45) is -15.2. The molecule has 2 heterocycles. The van der Waals surface area contributed by atoms with E-state index in [4.69, 9.17) is 47.4 Å². The fourth-order valence-corrected chi connectivity index (χ4v) is 6.76. The van der Waals surface area contributed by atoms with Crippen LogP contribution in [0.2, 0.25) is 0 Å². The molecule has 0 aromatic heterocycles. The zero-order valence-corrected chi connectivity index (χ0v) is 33.1. The molecule has 10 atom stereocenters. The Kier molecular flexibility index (Phi) is 15.7. The number of methoxy groups -OCH3 is 3. The van der Waals surface area contributed by atoms with Crippen molar-refractivity contribution >= 4 is 24.0 Å². The van der Waals surface area contributed by atoms with Gasteiger partial charge in [-0.1, -0.05) is 109 Å². The minimum atomic E-state index is -1.79. The number of carbonyl (C=O) groups excluding carboxylic acids is 4. The molecule has 2 fully saturated rings. The lowest BCUT2D eigenvalue weighted by Gasteiger charge is -2.48. The number of benzene rings is 4. The smallest absolute Gasteiger partial charge is 0.407 e. The fraction of sp³-hybridized carbons (Fsp3) is 0.364. The normalized spacial score (nSPS) is 26.3. The van der Waals surface area contributed by atoms with E-state index in [9.17, 15) is 24.3 Å². The van der Waals surface area contributed by atoms with Gasteiger partial charge in [-0.2, -0.15) is 0 Å². The van der Waals surface area contributed by atoms with E-state index >= 15 is 0 Å². The summed E-state index contributed by atoms with van der Waals surface area (Å²) >= 11 is 0. The van der Waals surface area contributed by atoms with Crippen molar-refractivity contribution in [2.24, 2.45) is 0 Å². The molecule has 0 spiro atoms. The average molecular weight is 830 g/mol. The third-order valence-electron chi connectivity index (χ3n) is 9.78. The summed E-state index contributed by atoms with van der Waals surface area (Å²) in [6, 6.07) is 33.7. The van der Waals surface area contributed by atoms with E-state index in [0.717, 1.165) is 19.8 Å². The van der Waals surface area contributed by atoms with Crippen LogP contribution in [-0.2, 0) is 76.8 Å². The molecule has 4 aromatic carbocycles. The first-order chi connectivity index (χ1) is 29.2. The molecule has 0 saturated carbocycles. The third-order valence-corrected chi connectivity index (χ3v) is 9.78. The van der Waals surface area contributed by atoms with Gasteiger partial charge in [0.05, 0.1) is 33.0 Å². The van der Waals surface area contributed by atoms with E-state index in [2.05, 4.69) is 5.32 Å². The Hall–Kier alpha value is -5.72. The monoisotopic (exact) mass is 829 g/mol. The van der Waals surface area contributed by atoms with Crippen LogP contribution in [0.1, 0.15) is 27.0 Å². The number of nitrogens with one attached hydrogen (secondary N) is 1. The Morgan fingerprint density at radius 1 is 0.583 bits per heavy atom. The van der Waals surface area contributed by atoms with Gasteiger partial charge in [0.15, 0.2) is 30.9 Å². The molecule has 16 nitrogen and oxygen atoms in total. The minimum Gasteiger partial charge on any atom is -0.467 e. The highest BCUT2D eigenvalue weighted by Crippen LogP contribution is 2.35. The second-order valence-electron chi connectivity index (χ2n) is 13.7. The van der Waals surface area contributed by atoms with Crippen molar-refractivity contribution in [1.29, 1.82) is 0 Å². The van der Waals surface area contributed by atoms with E-state index in [1.165, 1.54) is 19.2 Å². The van der Waals surface area contributed by atoms with Crippen molar-refractivity contribution < 1.29 is 71.7 Å². The summed E-state index contributed by atoms with van der Waals surface area (Å²) in [7, 11) is 3.54. The lowest BCUT2D eigenvalue weighted by Crippen LogP contribution is -2.69. The first-order valence-corrected chi connectivity index (χ1v) is 19.1. The summed E-state index contributed by atoms with van der Waals surface area (Å²) in [5.41, 5.74) is 2.26. The van der Waals surface area contributed by atoms with Crippen molar-refractivity contribution in [3.8, 4) is 0 Å². The van der Waals surface area contributed by atoms with Crippen LogP contribution >= 0.6 is 0 Å². The van der Waals surface area contributed by atoms with Gasteiger partial charge in [0.1, 0.15) is 37.1 Å². The summed E-state index contributed by atoms with van der Waals surface area (Å²) in [6.45, 7) is -0.253. The van der Waals surface area contributed by atoms with Crippen molar-refractivity contribution in [3.05, 3.63) is 144 Å². The molecule has 16 heteroatoms. The summed E-state index contributed by atoms with van der Waals surface area (Å²) in [5.74, 6) is -2.79. The zero-order valence-electron chi connectivity index (χ0n) is 33.1. The van der Waals surface area contributed by atoms with E-state index in [-0.39, 0.29) is 25.4 Å². The number of hydrogen-bond donors (Lipinski definition) is 2.